The predicted molar refractivity (Wildman–Crippen MR) is 373 cm³/mol. The zero-order valence-corrected chi connectivity index (χ0v) is 56.6. The van der Waals surface area contributed by atoms with Gasteiger partial charge in [0.15, 0.2) is 8.07 Å². The summed E-state index contributed by atoms with van der Waals surface area (Å²) in [6, 6.07) is 85.6. The summed E-state index contributed by atoms with van der Waals surface area (Å²) in [5.74, 6) is 3.82. The number of para-hydroxylation sites is 4. The van der Waals surface area contributed by atoms with E-state index < -0.39 is 8.07 Å². The monoisotopic (exact) mass is 1370 g/mol. The normalized spacial score (nSPS) is 14.0. The second kappa shape index (κ2) is 21.5. The summed E-state index contributed by atoms with van der Waals surface area (Å²) in [6.45, 7) is 30.0. The summed E-state index contributed by atoms with van der Waals surface area (Å²) in [5, 5.41) is 7.45. The molecule has 0 amide bonds. The molecule has 0 radical (unpaired) electrons. The van der Waals surface area contributed by atoms with Gasteiger partial charge in [-0.15, -0.1) is 53.3 Å². The molecular weight excluding hydrogens is 1300 g/mol. The molecule has 0 saturated heterocycles. The fraction of sp³-hybridized carbons (Fsp3) is 0.195. The molecule has 0 fully saturated rings. The SMILES string of the molecule is CC(C)(C)c1cc(-c2cc(C(C)(C)C)cc(-c3ccc(-c4ccccc4)cc3)c2N2[CH-]N(c3[c-]c(Oc4[c-]c5c6c(c4)[Si]4(c7ccccc7Oc7ccccc74)c4cccc(c46)n5-c4cc(C(C)(C)C)ccn4)ccc3)c3ccccc32)cc(C(C)(C)C)c1.[Pt]. The first kappa shape index (κ1) is 58.9. The molecule has 90 heavy (non-hydrogen) atoms. The number of rotatable bonds is 8. The Balaban J connectivity index is 0.00000707. The third-order valence-electron chi connectivity index (χ3n) is 18.6. The van der Waals surface area contributed by atoms with Crippen molar-refractivity contribution in [3.8, 4) is 62.2 Å². The van der Waals surface area contributed by atoms with Crippen molar-refractivity contribution in [3.05, 3.63) is 260 Å². The average molecular weight is 1370 g/mol. The summed E-state index contributed by atoms with van der Waals surface area (Å²) in [6.07, 6.45) is 1.94. The summed E-state index contributed by atoms with van der Waals surface area (Å²) in [5.41, 5.74) is 17.7. The molecule has 1 spiro atoms. The molecule has 0 bridgehead atoms. The summed E-state index contributed by atoms with van der Waals surface area (Å²) in [7, 11) is -3.04. The van der Waals surface area contributed by atoms with Crippen molar-refractivity contribution in [1.82, 2.24) is 9.55 Å². The van der Waals surface area contributed by atoms with Gasteiger partial charge in [0, 0.05) is 72.5 Å². The second-order valence-corrected chi connectivity index (χ2v) is 32.2. The van der Waals surface area contributed by atoms with Crippen molar-refractivity contribution < 1.29 is 30.5 Å². The van der Waals surface area contributed by atoms with Crippen molar-refractivity contribution in [2.45, 2.75) is 105 Å². The van der Waals surface area contributed by atoms with Crippen LogP contribution in [0, 0.1) is 18.8 Å². The van der Waals surface area contributed by atoms with Crippen LogP contribution in [0.2, 0.25) is 0 Å². The Morgan fingerprint density at radius 2 is 0.978 bits per heavy atom. The van der Waals surface area contributed by atoms with Crippen LogP contribution in [0.4, 0.5) is 22.7 Å². The summed E-state index contributed by atoms with van der Waals surface area (Å²) in [4.78, 5) is 9.81. The van der Waals surface area contributed by atoms with E-state index in [-0.39, 0.29) is 42.7 Å². The zero-order valence-electron chi connectivity index (χ0n) is 53.3. The first-order valence-electron chi connectivity index (χ1n) is 31.2. The molecule has 0 N–H and O–H groups in total. The van der Waals surface area contributed by atoms with Gasteiger partial charge in [0.1, 0.15) is 17.3 Å². The Bertz CT molecular complexity index is 4750. The molecule has 15 rings (SSSR count). The Morgan fingerprint density at radius 3 is 1.62 bits per heavy atom. The Kier molecular flexibility index (Phi) is 14.0. The molecule has 0 atom stereocenters. The molecule has 10 aromatic carbocycles. The molecule has 12 aromatic rings. The number of ether oxygens (including phenoxy) is 2. The quantitative estimate of drug-likeness (QED) is 0.112. The number of fused-ring (bicyclic) bond motifs is 7. The van der Waals surface area contributed by atoms with Crippen LogP contribution in [-0.4, -0.2) is 17.6 Å². The first-order chi connectivity index (χ1) is 42.6. The fourth-order valence-electron chi connectivity index (χ4n) is 13.8. The Morgan fingerprint density at radius 1 is 0.433 bits per heavy atom. The van der Waals surface area contributed by atoms with Gasteiger partial charge in [0.2, 0.25) is 0 Å². The maximum absolute atomic E-state index is 7.30. The topological polar surface area (TPSA) is 42.8 Å². The Hall–Kier alpha value is -8.74. The van der Waals surface area contributed by atoms with Crippen LogP contribution in [-0.2, 0) is 42.7 Å². The van der Waals surface area contributed by atoms with Crippen molar-refractivity contribution in [2.75, 3.05) is 9.80 Å². The van der Waals surface area contributed by atoms with Gasteiger partial charge in [-0.2, -0.15) is 6.07 Å². The molecule has 6 nitrogen and oxygen atoms in total. The van der Waals surface area contributed by atoms with Crippen LogP contribution in [0.5, 0.6) is 23.0 Å². The van der Waals surface area contributed by atoms with E-state index in [4.69, 9.17) is 14.5 Å². The number of nitrogens with zero attached hydrogens (tertiary/aromatic N) is 4. The van der Waals surface area contributed by atoms with Gasteiger partial charge in [-0.25, -0.2) is 4.98 Å². The van der Waals surface area contributed by atoms with E-state index in [1.807, 2.05) is 12.3 Å². The van der Waals surface area contributed by atoms with Crippen LogP contribution >= 0.6 is 0 Å². The van der Waals surface area contributed by atoms with Crippen LogP contribution in [0.3, 0.4) is 0 Å². The second-order valence-electron chi connectivity index (χ2n) is 28.6. The number of aromatic nitrogens is 2. The third-order valence-corrected chi connectivity index (χ3v) is 23.5. The van der Waals surface area contributed by atoms with E-state index in [0.29, 0.717) is 11.5 Å². The number of hydrogen-bond acceptors (Lipinski definition) is 5. The molecule has 3 aliphatic heterocycles. The molecule has 5 heterocycles. The van der Waals surface area contributed by atoms with Gasteiger partial charge >= 0.3 is 0 Å². The van der Waals surface area contributed by atoms with E-state index in [1.54, 1.807) is 0 Å². The van der Waals surface area contributed by atoms with E-state index in [0.717, 1.165) is 62.2 Å². The third kappa shape index (κ3) is 9.65. The number of pyridine rings is 1. The Labute approximate surface area is 546 Å². The van der Waals surface area contributed by atoms with Crippen LogP contribution in [0.1, 0.15) is 105 Å². The van der Waals surface area contributed by atoms with Crippen molar-refractivity contribution in [2.24, 2.45) is 0 Å². The van der Waals surface area contributed by atoms with Gasteiger partial charge in [-0.1, -0.05) is 222 Å². The minimum Gasteiger partial charge on any atom is -0.509 e. The van der Waals surface area contributed by atoms with Crippen LogP contribution in [0.15, 0.2) is 219 Å². The minimum absolute atomic E-state index is 0. The number of anilines is 4. The van der Waals surface area contributed by atoms with Gasteiger partial charge in [0.05, 0.1) is 0 Å². The minimum atomic E-state index is -3.04. The van der Waals surface area contributed by atoms with E-state index in [1.165, 1.54) is 76.0 Å². The molecule has 8 heteroatoms. The largest absolute Gasteiger partial charge is 0.509 e. The van der Waals surface area contributed by atoms with Gasteiger partial charge in [-0.3, -0.25) is 0 Å². The average Bonchev–Trinajstić information content (AvgIpc) is 1.48. The predicted octanol–water partition coefficient (Wildman–Crippen LogP) is 19.0. The van der Waals surface area contributed by atoms with Crippen LogP contribution in [0.25, 0.3) is 61.0 Å². The zero-order chi connectivity index (χ0) is 61.5. The van der Waals surface area contributed by atoms with E-state index in [2.05, 4.69) is 323 Å². The van der Waals surface area contributed by atoms with E-state index in [9.17, 15) is 0 Å². The van der Waals surface area contributed by atoms with Gasteiger partial charge < -0.3 is 23.8 Å². The van der Waals surface area contributed by atoms with Gasteiger partial charge in [0.25, 0.3) is 0 Å². The molecule has 0 unspecified atom stereocenters. The maximum Gasteiger partial charge on any atom is 0.165 e. The number of hydrogen-bond donors (Lipinski definition) is 0. The van der Waals surface area contributed by atoms with Crippen molar-refractivity contribution in [1.29, 1.82) is 0 Å². The maximum atomic E-state index is 7.30. The molecule has 0 aliphatic carbocycles. The first-order valence-corrected chi connectivity index (χ1v) is 33.2. The fourth-order valence-corrected chi connectivity index (χ4v) is 19.2. The molecule has 450 valence electrons. The van der Waals surface area contributed by atoms with Crippen molar-refractivity contribution in [3.63, 3.8) is 0 Å². The molecular formula is C82H73N4O2PtSi-3. The summed E-state index contributed by atoms with van der Waals surface area (Å²) >= 11 is 0. The molecule has 0 saturated carbocycles. The van der Waals surface area contributed by atoms with E-state index >= 15 is 0 Å². The molecule has 3 aliphatic rings. The van der Waals surface area contributed by atoms with Gasteiger partial charge in [-0.05, 0) is 142 Å². The van der Waals surface area contributed by atoms with Crippen LogP contribution < -0.4 is 40.0 Å². The summed E-state index contributed by atoms with van der Waals surface area (Å²) < 4.78 is 16.4. The number of benzene rings is 10. The standard InChI is InChI=1S/C82H73N4O2Si.Pt/c1-79(2,3)56-40-41-83-75(47-56)86-67-30-23-35-73-76(67)77-68(86)49-62(50-74(77)89(73)71-33-20-18-31-69(71)88-70-32-19-21-34-72(70)89)87-61-27-22-26-60(48-61)84-51-85(66-29-17-16-28-65(66)84)78-63(54-38-36-53(37-39-54)52-24-14-13-15-25-52)45-59(82(10,11)12)46-64(78)55-42-57(80(4,5)6)44-58(43-55)81(7,8)9;/h13-47,50-51H,1-12H3;/q-3;. The smallest absolute Gasteiger partial charge is 0.165 e. The van der Waals surface area contributed by atoms with Crippen molar-refractivity contribution >= 4 is 73.4 Å². The molecule has 2 aromatic heterocycles.